The molecule has 2 nitrogen and oxygen atoms in total. The third-order valence-electron chi connectivity index (χ3n) is 2.42. The summed E-state index contributed by atoms with van der Waals surface area (Å²) in [5.74, 6) is 2.48. The zero-order chi connectivity index (χ0) is 9.84. The minimum atomic E-state index is 0.216. The van der Waals surface area contributed by atoms with E-state index < -0.39 is 0 Å². The monoisotopic (exact) mass is 203 g/mol. The maximum atomic E-state index is 9.19. The number of hydrogen-bond donors (Lipinski definition) is 2. The molecule has 0 saturated heterocycles. The molecule has 78 valence electrons. The number of nitrogens with two attached hydrogens (primary N) is 1. The van der Waals surface area contributed by atoms with Crippen molar-refractivity contribution in [2.75, 3.05) is 12.4 Å². The molecule has 2 atom stereocenters. The SMILES string of the molecule is CC(C)CSC(CO)C(N)C1CC1. The third-order valence-corrected chi connectivity index (χ3v) is 4.17. The fourth-order valence-electron chi connectivity index (χ4n) is 1.39. The van der Waals surface area contributed by atoms with Crippen molar-refractivity contribution < 1.29 is 5.11 Å². The summed E-state index contributed by atoms with van der Waals surface area (Å²) in [4.78, 5) is 0. The van der Waals surface area contributed by atoms with Gasteiger partial charge in [-0.3, -0.25) is 0 Å². The summed E-state index contributed by atoms with van der Waals surface area (Å²) < 4.78 is 0. The molecule has 0 aromatic rings. The Morgan fingerprint density at radius 3 is 2.46 bits per heavy atom. The predicted octanol–water partition coefficient (Wildman–Crippen LogP) is 1.47. The van der Waals surface area contributed by atoms with Gasteiger partial charge in [0, 0.05) is 11.3 Å². The van der Waals surface area contributed by atoms with Gasteiger partial charge in [-0.2, -0.15) is 11.8 Å². The normalized spacial score (nSPS) is 21.9. The lowest BCUT2D eigenvalue weighted by Crippen LogP contribution is -2.37. The van der Waals surface area contributed by atoms with Gasteiger partial charge in [0.25, 0.3) is 0 Å². The third kappa shape index (κ3) is 3.88. The quantitative estimate of drug-likeness (QED) is 0.687. The molecule has 1 saturated carbocycles. The standard InChI is InChI=1S/C10H21NOS/c1-7(2)6-13-9(5-12)10(11)8-3-4-8/h7-10,12H,3-6,11H2,1-2H3. The molecule has 0 aromatic carbocycles. The molecule has 1 aliphatic carbocycles. The van der Waals surface area contributed by atoms with E-state index in [1.54, 1.807) is 0 Å². The number of hydrogen-bond acceptors (Lipinski definition) is 3. The highest BCUT2D eigenvalue weighted by Crippen LogP contribution is 2.35. The molecule has 1 rings (SSSR count). The van der Waals surface area contributed by atoms with E-state index in [-0.39, 0.29) is 17.9 Å². The Hall–Kier alpha value is 0.270. The van der Waals surface area contributed by atoms with Crippen LogP contribution in [0.2, 0.25) is 0 Å². The summed E-state index contributed by atoms with van der Waals surface area (Å²) in [6, 6.07) is 0.216. The lowest BCUT2D eigenvalue weighted by atomic mass is 10.1. The van der Waals surface area contributed by atoms with Crippen molar-refractivity contribution >= 4 is 11.8 Å². The van der Waals surface area contributed by atoms with E-state index in [0.29, 0.717) is 11.8 Å². The van der Waals surface area contributed by atoms with E-state index in [1.807, 2.05) is 11.8 Å². The lowest BCUT2D eigenvalue weighted by molar-refractivity contribution is 0.277. The van der Waals surface area contributed by atoms with Crippen LogP contribution in [-0.4, -0.2) is 28.8 Å². The molecule has 0 spiro atoms. The summed E-state index contributed by atoms with van der Waals surface area (Å²) in [6.45, 7) is 4.63. The van der Waals surface area contributed by atoms with Gasteiger partial charge >= 0.3 is 0 Å². The van der Waals surface area contributed by atoms with Crippen molar-refractivity contribution in [3.63, 3.8) is 0 Å². The van der Waals surface area contributed by atoms with Crippen molar-refractivity contribution in [3.05, 3.63) is 0 Å². The second kappa shape index (κ2) is 5.23. The summed E-state index contributed by atoms with van der Waals surface area (Å²) in [5.41, 5.74) is 6.04. The Balaban J connectivity index is 2.24. The first-order chi connectivity index (χ1) is 6.15. The van der Waals surface area contributed by atoms with Crippen LogP contribution in [0, 0.1) is 11.8 Å². The molecule has 1 aliphatic rings. The van der Waals surface area contributed by atoms with Gasteiger partial charge in [0.05, 0.1) is 6.61 Å². The molecule has 0 heterocycles. The van der Waals surface area contributed by atoms with Crippen molar-refractivity contribution in [2.45, 2.75) is 38.0 Å². The molecule has 0 aromatic heterocycles. The van der Waals surface area contributed by atoms with Crippen molar-refractivity contribution in [1.29, 1.82) is 0 Å². The van der Waals surface area contributed by atoms with Crippen molar-refractivity contribution in [2.24, 2.45) is 17.6 Å². The Morgan fingerprint density at radius 1 is 1.46 bits per heavy atom. The summed E-state index contributed by atoms with van der Waals surface area (Å²) in [7, 11) is 0. The van der Waals surface area contributed by atoms with E-state index in [0.717, 1.165) is 5.75 Å². The van der Waals surface area contributed by atoms with Crippen LogP contribution in [0.25, 0.3) is 0 Å². The van der Waals surface area contributed by atoms with E-state index in [4.69, 9.17) is 5.73 Å². The maximum absolute atomic E-state index is 9.19. The second-order valence-electron chi connectivity index (χ2n) is 4.36. The lowest BCUT2D eigenvalue weighted by Gasteiger charge is -2.21. The topological polar surface area (TPSA) is 46.2 Å². The highest BCUT2D eigenvalue weighted by Gasteiger charge is 2.33. The number of rotatable bonds is 6. The van der Waals surface area contributed by atoms with Crippen LogP contribution in [-0.2, 0) is 0 Å². The largest absolute Gasteiger partial charge is 0.395 e. The van der Waals surface area contributed by atoms with Gasteiger partial charge in [-0.25, -0.2) is 0 Å². The van der Waals surface area contributed by atoms with E-state index >= 15 is 0 Å². The zero-order valence-corrected chi connectivity index (χ0v) is 9.39. The number of aliphatic hydroxyl groups is 1. The van der Waals surface area contributed by atoms with E-state index in [1.165, 1.54) is 12.8 Å². The maximum Gasteiger partial charge on any atom is 0.0565 e. The van der Waals surface area contributed by atoms with Crippen LogP contribution in [0.3, 0.4) is 0 Å². The Morgan fingerprint density at radius 2 is 2.08 bits per heavy atom. The van der Waals surface area contributed by atoms with Gasteiger partial charge < -0.3 is 10.8 Å². The van der Waals surface area contributed by atoms with Gasteiger partial charge in [-0.1, -0.05) is 13.8 Å². The molecule has 0 aliphatic heterocycles. The minimum Gasteiger partial charge on any atom is -0.395 e. The number of aliphatic hydroxyl groups excluding tert-OH is 1. The van der Waals surface area contributed by atoms with Gasteiger partial charge in [0.2, 0.25) is 0 Å². The van der Waals surface area contributed by atoms with Crippen molar-refractivity contribution in [1.82, 2.24) is 0 Å². The molecule has 0 bridgehead atoms. The van der Waals surface area contributed by atoms with Gasteiger partial charge in [0.15, 0.2) is 0 Å². The molecule has 1 fully saturated rings. The van der Waals surface area contributed by atoms with Crippen LogP contribution < -0.4 is 5.73 Å². The molecule has 0 radical (unpaired) electrons. The van der Waals surface area contributed by atoms with Crippen LogP contribution in [0.1, 0.15) is 26.7 Å². The fraction of sp³-hybridized carbons (Fsp3) is 1.00. The highest BCUT2D eigenvalue weighted by molar-refractivity contribution is 8.00. The van der Waals surface area contributed by atoms with Crippen LogP contribution in [0.5, 0.6) is 0 Å². The smallest absolute Gasteiger partial charge is 0.0565 e. The summed E-state index contributed by atoms with van der Waals surface area (Å²) in [5, 5.41) is 9.44. The molecule has 2 unspecified atom stereocenters. The molecule has 13 heavy (non-hydrogen) atoms. The molecule has 3 N–H and O–H groups in total. The van der Waals surface area contributed by atoms with Crippen LogP contribution >= 0.6 is 11.8 Å². The van der Waals surface area contributed by atoms with Crippen LogP contribution in [0.4, 0.5) is 0 Å². The zero-order valence-electron chi connectivity index (χ0n) is 8.57. The molecular formula is C10H21NOS. The molecule has 3 heteroatoms. The Bertz CT molecular complexity index is 148. The first-order valence-corrected chi connectivity index (χ1v) is 6.18. The first kappa shape index (κ1) is 11.3. The summed E-state index contributed by atoms with van der Waals surface area (Å²) >= 11 is 1.83. The Labute approximate surface area is 85.3 Å². The minimum absolute atomic E-state index is 0.216. The van der Waals surface area contributed by atoms with Gasteiger partial charge in [-0.05, 0) is 30.4 Å². The van der Waals surface area contributed by atoms with Gasteiger partial charge in [0.1, 0.15) is 0 Å². The highest BCUT2D eigenvalue weighted by atomic mass is 32.2. The van der Waals surface area contributed by atoms with Crippen molar-refractivity contribution in [3.8, 4) is 0 Å². The van der Waals surface area contributed by atoms with Gasteiger partial charge in [-0.15, -0.1) is 0 Å². The predicted molar refractivity (Wildman–Crippen MR) is 58.9 cm³/mol. The molecular weight excluding hydrogens is 182 g/mol. The number of thioether (sulfide) groups is 1. The fourth-order valence-corrected chi connectivity index (χ4v) is 2.57. The van der Waals surface area contributed by atoms with Crippen LogP contribution in [0.15, 0.2) is 0 Å². The summed E-state index contributed by atoms with van der Waals surface area (Å²) in [6.07, 6.45) is 2.53. The first-order valence-electron chi connectivity index (χ1n) is 5.13. The second-order valence-corrected chi connectivity index (χ2v) is 5.64. The Kier molecular flexibility index (Phi) is 4.56. The average Bonchev–Trinajstić information content (AvgIpc) is 2.86. The van der Waals surface area contributed by atoms with E-state index in [2.05, 4.69) is 13.8 Å². The average molecular weight is 203 g/mol. The van der Waals surface area contributed by atoms with E-state index in [9.17, 15) is 5.11 Å². The molecule has 0 amide bonds.